The van der Waals surface area contributed by atoms with Crippen LogP contribution in [0.4, 0.5) is 17.6 Å². The lowest BCUT2D eigenvalue weighted by Crippen LogP contribution is -2.42. The molecule has 1 heterocycles. The van der Waals surface area contributed by atoms with Crippen LogP contribution >= 0.6 is 11.6 Å². The van der Waals surface area contributed by atoms with E-state index in [2.05, 4.69) is 11.4 Å². The van der Waals surface area contributed by atoms with E-state index in [0.717, 1.165) is 34.9 Å². The van der Waals surface area contributed by atoms with Crippen LogP contribution < -0.4 is 5.32 Å². The van der Waals surface area contributed by atoms with Crippen LogP contribution in [0.15, 0.2) is 36.4 Å². The molecule has 0 fully saturated rings. The maximum atomic E-state index is 13.8. The summed E-state index contributed by atoms with van der Waals surface area (Å²) >= 11 is 6.31. The molecule has 0 radical (unpaired) electrons. The molecule has 5 nitrogen and oxygen atoms in total. The van der Waals surface area contributed by atoms with E-state index in [9.17, 15) is 27.2 Å². The first-order valence-electron chi connectivity index (χ1n) is 9.86. The molecule has 1 aliphatic heterocycles. The monoisotopic (exact) mass is 479 g/mol. The molecule has 2 aromatic carbocycles. The van der Waals surface area contributed by atoms with Crippen LogP contribution in [0.1, 0.15) is 27.8 Å². The summed E-state index contributed by atoms with van der Waals surface area (Å²) < 4.78 is 51.6. The van der Waals surface area contributed by atoms with E-state index in [1.807, 2.05) is 6.07 Å². The number of hydrogen-bond acceptors (Lipinski definition) is 3. The highest BCUT2D eigenvalue weighted by molar-refractivity contribution is 6.31. The highest BCUT2D eigenvalue weighted by atomic mass is 35.5. The molecule has 0 atom stereocenters. The number of rotatable bonds is 5. The van der Waals surface area contributed by atoms with Gasteiger partial charge in [-0.2, -0.15) is 18.4 Å². The van der Waals surface area contributed by atoms with Gasteiger partial charge in [0.25, 0.3) is 0 Å². The molecular weight excluding hydrogens is 462 g/mol. The molecule has 10 heteroatoms. The number of amides is 2. The fraction of sp³-hybridized carbons (Fsp3) is 0.261. The summed E-state index contributed by atoms with van der Waals surface area (Å²) in [5.41, 5.74) is 1.26. The van der Waals surface area contributed by atoms with Gasteiger partial charge in [-0.15, -0.1) is 0 Å². The van der Waals surface area contributed by atoms with Crippen molar-refractivity contribution >= 4 is 29.5 Å². The second-order valence-corrected chi connectivity index (χ2v) is 7.81. The van der Waals surface area contributed by atoms with E-state index in [1.165, 1.54) is 4.90 Å². The maximum absolute atomic E-state index is 13.8. The van der Waals surface area contributed by atoms with Gasteiger partial charge in [0.1, 0.15) is 5.82 Å². The number of benzene rings is 2. The normalized spacial score (nSPS) is 13.5. The first kappa shape index (κ1) is 24.3. The third-order valence-corrected chi connectivity index (χ3v) is 5.48. The van der Waals surface area contributed by atoms with Crippen LogP contribution in [-0.2, 0) is 35.2 Å². The zero-order valence-electron chi connectivity index (χ0n) is 17.2. The summed E-state index contributed by atoms with van der Waals surface area (Å²) in [4.78, 5) is 26.0. The minimum atomic E-state index is -4.67. The lowest BCUT2D eigenvalue weighted by Gasteiger charge is -2.30. The first-order chi connectivity index (χ1) is 15.6. The van der Waals surface area contributed by atoms with E-state index in [1.54, 1.807) is 6.07 Å². The molecule has 0 spiro atoms. The van der Waals surface area contributed by atoms with Crippen molar-refractivity contribution in [1.82, 2.24) is 10.2 Å². The largest absolute Gasteiger partial charge is 0.416 e. The number of nitrogens with zero attached hydrogens (tertiary/aromatic N) is 2. The summed E-state index contributed by atoms with van der Waals surface area (Å²) in [7, 11) is 0. The Bertz CT molecular complexity index is 1160. The van der Waals surface area contributed by atoms with Crippen LogP contribution in [0.2, 0.25) is 5.02 Å². The third-order valence-electron chi connectivity index (χ3n) is 5.14. The Hall–Kier alpha value is -3.38. The second kappa shape index (κ2) is 10.0. The Morgan fingerprint density at radius 2 is 2.00 bits per heavy atom. The molecule has 33 heavy (non-hydrogen) atoms. The highest BCUT2D eigenvalue weighted by Crippen LogP contribution is 2.30. The smallest absolute Gasteiger partial charge is 0.343 e. The summed E-state index contributed by atoms with van der Waals surface area (Å²) in [5, 5.41) is 11.7. The van der Waals surface area contributed by atoms with Crippen molar-refractivity contribution in [2.24, 2.45) is 0 Å². The topological polar surface area (TPSA) is 73.2 Å². The molecule has 2 amide bonds. The number of fused-ring (bicyclic) bond motifs is 1. The van der Waals surface area contributed by atoms with Gasteiger partial charge in [-0.3, -0.25) is 9.59 Å². The average Bonchev–Trinajstić information content (AvgIpc) is 2.76. The first-order valence-corrected chi connectivity index (χ1v) is 10.2. The quantitative estimate of drug-likeness (QED) is 0.514. The van der Waals surface area contributed by atoms with Crippen molar-refractivity contribution < 1.29 is 27.2 Å². The predicted molar refractivity (Wildman–Crippen MR) is 113 cm³/mol. The minimum absolute atomic E-state index is 0.192. The zero-order valence-corrected chi connectivity index (χ0v) is 17.9. The zero-order chi connectivity index (χ0) is 24.2. The number of carbonyl (C=O) groups excluding carboxylic acids is 2. The molecule has 0 bridgehead atoms. The lowest BCUT2D eigenvalue weighted by molar-refractivity contribution is -0.137. The van der Waals surface area contributed by atoms with Crippen LogP contribution in [0.5, 0.6) is 0 Å². The molecular formula is C23H18ClF4N3O2. The fourth-order valence-corrected chi connectivity index (χ4v) is 3.75. The van der Waals surface area contributed by atoms with Crippen molar-refractivity contribution in [3.8, 4) is 6.07 Å². The predicted octanol–water partition coefficient (Wildman–Crippen LogP) is 4.28. The molecule has 0 aromatic heterocycles. The standard InChI is InChI=1S/C23H18ClF4N3O2/c24-19-10-14(5-7-29)9-16-6-8-31(13-18(16)19)22(33)12-30-21(32)4-2-15-1-3-17(11-20(15)25)23(26,27)28/h1-4,9-11H,5-6,8,12-13H2,(H,30,32)/b4-2+. The van der Waals surface area contributed by atoms with E-state index in [0.29, 0.717) is 30.1 Å². The molecule has 0 saturated heterocycles. The summed E-state index contributed by atoms with van der Waals surface area (Å²) in [6, 6.07) is 7.66. The van der Waals surface area contributed by atoms with Crippen molar-refractivity contribution in [2.45, 2.75) is 25.6 Å². The average molecular weight is 480 g/mol. The van der Waals surface area contributed by atoms with Crippen LogP contribution in [0, 0.1) is 17.1 Å². The number of nitriles is 1. The van der Waals surface area contributed by atoms with Gasteiger partial charge < -0.3 is 10.2 Å². The van der Waals surface area contributed by atoms with E-state index in [4.69, 9.17) is 16.9 Å². The van der Waals surface area contributed by atoms with Gasteiger partial charge in [-0.1, -0.05) is 23.7 Å². The van der Waals surface area contributed by atoms with Gasteiger partial charge in [0.05, 0.1) is 24.6 Å². The van der Waals surface area contributed by atoms with Crippen molar-refractivity contribution in [2.75, 3.05) is 13.1 Å². The highest BCUT2D eigenvalue weighted by Gasteiger charge is 2.31. The molecule has 0 aliphatic carbocycles. The van der Waals surface area contributed by atoms with Crippen LogP contribution in [0.3, 0.4) is 0 Å². The van der Waals surface area contributed by atoms with E-state index >= 15 is 0 Å². The van der Waals surface area contributed by atoms with E-state index in [-0.39, 0.29) is 31.0 Å². The molecule has 1 N–H and O–H groups in total. The minimum Gasteiger partial charge on any atom is -0.343 e. The Balaban J connectivity index is 1.56. The summed E-state index contributed by atoms with van der Waals surface area (Å²) in [6.07, 6.45) is -1.89. The van der Waals surface area contributed by atoms with E-state index < -0.39 is 23.5 Å². The van der Waals surface area contributed by atoms with Gasteiger partial charge in [-0.25, -0.2) is 4.39 Å². The Morgan fingerprint density at radius 3 is 2.67 bits per heavy atom. The summed E-state index contributed by atoms with van der Waals surface area (Å²) in [6.45, 7) is 0.376. The van der Waals surface area contributed by atoms with Gasteiger partial charge >= 0.3 is 6.18 Å². The Labute approximate surface area is 192 Å². The maximum Gasteiger partial charge on any atom is 0.416 e. The fourth-order valence-electron chi connectivity index (χ4n) is 3.43. The lowest BCUT2D eigenvalue weighted by atomic mass is 9.96. The molecule has 2 aromatic rings. The Morgan fingerprint density at radius 1 is 1.24 bits per heavy atom. The number of hydrogen-bond donors (Lipinski definition) is 1. The Kier molecular flexibility index (Phi) is 7.39. The van der Waals surface area contributed by atoms with Gasteiger partial charge in [0.15, 0.2) is 0 Å². The number of nitrogens with one attached hydrogen (secondary N) is 1. The molecule has 0 saturated carbocycles. The molecule has 0 unspecified atom stereocenters. The summed E-state index contributed by atoms with van der Waals surface area (Å²) in [5.74, 6) is -2.16. The number of halogens is 5. The van der Waals surface area contributed by atoms with Gasteiger partial charge in [-0.05, 0) is 47.4 Å². The van der Waals surface area contributed by atoms with Gasteiger partial charge in [0.2, 0.25) is 11.8 Å². The molecule has 172 valence electrons. The van der Waals surface area contributed by atoms with Crippen LogP contribution in [0.25, 0.3) is 6.08 Å². The third kappa shape index (κ3) is 6.11. The number of alkyl halides is 3. The van der Waals surface area contributed by atoms with Crippen molar-refractivity contribution in [3.63, 3.8) is 0 Å². The van der Waals surface area contributed by atoms with Gasteiger partial charge in [0, 0.05) is 29.8 Å². The SMILES string of the molecule is N#CCc1cc(Cl)c2c(c1)CCN(C(=O)CNC(=O)/C=C/c1ccc(C(F)(F)F)cc1F)C2. The molecule has 1 aliphatic rings. The van der Waals surface area contributed by atoms with Crippen molar-refractivity contribution in [1.29, 1.82) is 5.26 Å². The van der Waals surface area contributed by atoms with Crippen molar-refractivity contribution in [3.05, 3.63) is 75.1 Å². The second-order valence-electron chi connectivity index (χ2n) is 7.40. The number of carbonyl (C=O) groups is 2. The molecule has 3 rings (SSSR count). The van der Waals surface area contributed by atoms with Crippen LogP contribution in [-0.4, -0.2) is 29.8 Å².